The van der Waals surface area contributed by atoms with Crippen LogP contribution in [0.1, 0.15) is 11.7 Å². The molecule has 0 aliphatic carbocycles. The molecule has 0 aliphatic heterocycles. The van der Waals surface area contributed by atoms with E-state index in [0.29, 0.717) is 5.56 Å². The van der Waals surface area contributed by atoms with Crippen LogP contribution in [-0.2, 0) is 0 Å². The molecule has 0 aliphatic rings. The fourth-order valence-corrected chi connectivity index (χ4v) is 1.14. The molecule has 0 heterocycles. The SMILES string of the molecule is NC(CO)C(O)c1ccc([N+](=O)[O-])cc1.O=[N+]([O-])O. The van der Waals surface area contributed by atoms with E-state index in [1.807, 2.05) is 0 Å². The van der Waals surface area contributed by atoms with Crippen LogP contribution in [0.3, 0.4) is 0 Å². The van der Waals surface area contributed by atoms with Gasteiger partial charge in [-0.3, -0.25) is 10.1 Å². The molecule has 0 saturated carbocycles. The van der Waals surface area contributed by atoms with Gasteiger partial charge in [-0.05, 0) is 17.7 Å². The molecule has 10 nitrogen and oxygen atoms in total. The highest BCUT2D eigenvalue weighted by molar-refractivity contribution is 5.34. The van der Waals surface area contributed by atoms with Gasteiger partial charge in [0.05, 0.1) is 23.7 Å². The lowest BCUT2D eigenvalue weighted by Gasteiger charge is -2.16. The maximum Gasteiger partial charge on any atom is 0.291 e. The summed E-state index contributed by atoms with van der Waals surface area (Å²) in [6, 6.07) is 4.61. The van der Waals surface area contributed by atoms with Crippen LogP contribution >= 0.6 is 0 Å². The van der Waals surface area contributed by atoms with Crippen LogP contribution in [0.2, 0.25) is 0 Å². The third-order valence-electron chi connectivity index (χ3n) is 2.06. The number of aliphatic hydroxyl groups is 2. The number of nitrogens with two attached hydrogens (primary N) is 1. The zero-order valence-corrected chi connectivity index (χ0v) is 9.62. The molecule has 1 aromatic carbocycles. The number of hydrogen-bond donors (Lipinski definition) is 4. The molecule has 0 amide bonds. The smallest absolute Gasteiger partial charge is 0.291 e. The fourth-order valence-electron chi connectivity index (χ4n) is 1.14. The summed E-state index contributed by atoms with van der Waals surface area (Å²) in [6.07, 6.45) is -1.02. The van der Waals surface area contributed by atoms with Crippen LogP contribution in [0, 0.1) is 20.2 Å². The molecular weight excluding hydrogens is 262 g/mol. The molecule has 19 heavy (non-hydrogen) atoms. The summed E-state index contributed by atoms with van der Waals surface area (Å²) in [5, 5.41) is 42.3. The Labute approximate surface area is 107 Å². The van der Waals surface area contributed by atoms with Gasteiger partial charge in [-0.25, -0.2) is 0 Å². The van der Waals surface area contributed by atoms with E-state index >= 15 is 0 Å². The Morgan fingerprint density at radius 1 is 1.21 bits per heavy atom. The Morgan fingerprint density at radius 2 is 1.63 bits per heavy atom. The highest BCUT2D eigenvalue weighted by atomic mass is 16.9. The summed E-state index contributed by atoms with van der Waals surface area (Å²) >= 11 is 0. The summed E-state index contributed by atoms with van der Waals surface area (Å²) in [5.74, 6) is 0. The van der Waals surface area contributed by atoms with Gasteiger partial charge in [-0.15, -0.1) is 10.1 Å². The van der Waals surface area contributed by atoms with Crippen LogP contribution in [0.5, 0.6) is 0 Å². The molecule has 1 aromatic rings. The molecule has 106 valence electrons. The third kappa shape index (κ3) is 6.26. The summed E-state index contributed by atoms with van der Waals surface area (Å²) in [4.78, 5) is 18.2. The predicted octanol–water partition coefficient (Wildman–Crippen LogP) is -0.400. The van der Waals surface area contributed by atoms with Crippen molar-refractivity contribution in [1.82, 2.24) is 0 Å². The van der Waals surface area contributed by atoms with Gasteiger partial charge < -0.3 is 21.2 Å². The maximum atomic E-state index is 10.4. The summed E-state index contributed by atoms with van der Waals surface area (Å²) in [6.45, 7) is -0.349. The number of hydrogen-bond acceptors (Lipinski definition) is 7. The van der Waals surface area contributed by atoms with Gasteiger partial charge in [0.1, 0.15) is 0 Å². The van der Waals surface area contributed by atoms with Gasteiger partial charge in [-0.1, -0.05) is 0 Å². The van der Waals surface area contributed by atoms with Crippen LogP contribution in [0.15, 0.2) is 24.3 Å². The van der Waals surface area contributed by atoms with Gasteiger partial charge in [0.2, 0.25) is 0 Å². The third-order valence-corrected chi connectivity index (χ3v) is 2.06. The van der Waals surface area contributed by atoms with Gasteiger partial charge in [0, 0.05) is 12.1 Å². The second-order valence-electron chi connectivity index (χ2n) is 3.38. The quantitative estimate of drug-likeness (QED) is 0.424. The minimum absolute atomic E-state index is 0.0523. The van der Waals surface area contributed by atoms with Crippen molar-refractivity contribution in [2.45, 2.75) is 12.1 Å². The van der Waals surface area contributed by atoms with Crippen molar-refractivity contribution in [2.75, 3.05) is 6.61 Å². The molecule has 5 N–H and O–H groups in total. The Kier molecular flexibility index (Phi) is 6.96. The number of nitrogens with zero attached hydrogens (tertiary/aromatic N) is 2. The van der Waals surface area contributed by atoms with Crippen molar-refractivity contribution in [1.29, 1.82) is 0 Å². The van der Waals surface area contributed by atoms with Gasteiger partial charge in [-0.2, -0.15) is 0 Å². The Hall–Kier alpha value is -2.30. The summed E-state index contributed by atoms with van der Waals surface area (Å²) in [5.41, 5.74) is 5.81. The number of non-ortho nitro benzene ring substituents is 1. The fraction of sp³-hybridized carbons (Fsp3) is 0.333. The Bertz CT molecular complexity index is 418. The highest BCUT2D eigenvalue weighted by Gasteiger charge is 2.16. The predicted molar refractivity (Wildman–Crippen MR) is 61.9 cm³/mol. The van der Waals surface area contributed by atoms with Gasteiger partial charge in [0.15, 0.2) is 0 Å². The summed E-state index contributed by atoms with van der Waals surface area (Å²) in [7, 11) is 0. The second-order valence-corrected chi connectivity index (χ2v) is 3.38. The molecule has 10 heteroatoms. The lowest BCUT2D eigenvalue weighted by Crippen LogP contribution is -2.31. The normalized spacial score (nSPS) is 12.8. The molecule has 0 radical (unpaired) electrons. The number of aliphatic hydroxyl groups excluding tert-OH is 2. The van der Waals surface area contributed by atoms with E-state index in [1.165, 1.54) is 24.3 Å². The Morgan fingerprint density at radius 3 is 1.95 bits per heavy atom. The minimum atomic E-state index is -1.50. The van der Waals surface area contributed by atoms with E-state index in [2.05, 4.69) is 0 Å². The molecule has 0 aromatic heterocycles. The lowest BCUT2D eigenvalue weighted by atomic mass is 10.0. The number of nitro benzene ring substituents is 1. The van der Waals surface area contributed by atoms with E-state index in [9.17, 15) is 15.2 Å². The molecular formula is C9H13N3O7. The summed E-state index contributed by atoms with van der Waals surface area (Å²) < 4.78 is 0. The molecule has 0 saturated heterocycles. The van der Waals surface area contributed by atoms with Gasteiger partial charge in [0.25, 0.3) is 10.8 Å². The number of rotatable bonds is 4. The van der Waals surface area contributed by atoms with E-state index in [-0.39, 0.29) is 12.3 Å². The van der Waals surface area contributed by atoms with Crippen LogP contribution in [-0.4, -0.2) is 38.1 Å². The van der Waals surface area contributed by atoms with Crippen molar-refractivity contribution in [3.05, 3.63) is 50.1 Å². The van der Waals surface area contributed by atoms with Crippen molar-refractivity contribution in [2.24, 2.45) is 5.73 Å². The number of nitro groups is 1. The van der Waals surface area contributed by atoms with Crippen molar-refractivity contribution >= 4 is 5.69 Å². The first kappa shape index (κ1) is 16.7. The molecule has 0 bridgehead atoms. The first-order valence-electron chi connectivity index (χ1n) is 4.91. The van der Waals surface area contributed by atoms with Crippen LogP contribution < -0.4 is 5.73 Å². The molecule has 2 unspecified atom stereocenters. The first-order chi connectivity index (χ1) is 8.79. The maximum absolute atomic E-state index is 10.4. The molecule has 1 rings (SSSR count). The van der Waals surface area contributed by atoms with Crippen molar-refractivity contribution < 1.29 is 25.4 Å². The van der Waals surface area contributed by atoms with Gasteiger partial charge >= 0.3 is 0 Å². The van der Waals surface area contributed by atoms with Crippen molar-refractivity contribution in [3.63, 3.8) is 0 Å². The topological polar surface area (TPSA) is 173 Å². The molecule has 0 spiro atoms. The van der Waals surface area contributed by atoms with E-state index in [1.54, 1.807) is 0 Å². The van der Waals surface area contributed by atoms with E-state index in [0.717, 1.165) is 0 Å². The van der Waals surface area contributed by atoms with Crippen molar-refractivity contribution in [3.8, 4) is 0 Å². The molecule has 0 fully saturated rings. The lowest BCUT2D eigenvalue weighted by molar-refractivity contribution is -0.742. The zero-order valence-electron chi connectivity index (χ0n) is 9.62. The number of benzene rings is 1. The highest BCUT2D eigenvalue weighted by Crippen LogP contribution is 2.19. The minimum Gasteiger partial charge on any atom is -0.395 e. The van der Waals surface area contributed by atoms with Crippen LogP contribution in [0.25, 0.3) is 0 Å². The van der Waals surface area contributed by atoms with E-state index in [4.69, 9.17) is 26.2 Å². The largest absolute Gasteiger partial charge is 0.395 e. The first-order valence-corrected chi connectivity index (χ1v) is 4.91. The second kappa shape index (κ2) is 7.92. The standard InChI is InChI=1S/C9H12N2O4.HNO3/c10-8(5-12)9(13)6-1-3-7(4-2-6)11(14)15;2-1(3)4/h1-4,8-9,12-13H,5,10H2;(H,2,3,4). The molecule has 2 atom stereocenters. The average molecular weight is 275 g/mol. The monoisotopic (exact) mass is 275 g/mol. The zero-order chi connectivity index (χ0) is 15.0. The average Bonchev–Trinajstić information content (AvgIpc) is 2.36. The van der Waals surface area contributed by atoms with E-state index < -0.39 is 22.2 Å². The Balaban J connectivity index is 0.000000711. The van der Waals surface area contributed by atoms with Crippen LogP contribution in [0.4, 0.5) is 5.69 Å².